The minimum Gasteiger partial charge on any atom is -0.381 e. The van der Waals surface area contributed by atoms with Crippen LogP contribution in [-0.4, -0.2) is 62.5 Å². The molecule has 156 valence electrons. The molecule has 3 heterocycles. The molecule has 3 aliphatic heterocycles. The summed E-state index contributed by atoms with van der Waals surface area (Å²) in [7, 11) is 0. The van der Waals surface area contributed by atoms with Crippen molar-refractivity contribution in [3.8, 4) is 0 Å². The van der Waals surface area contributed by atoms with Crippen molar-refractivity contribution in [3.63, 3.8) is 0 Å². The van der Waals surface area contributed by atoms with Gasteiger partial charge in [-0.05, 0) is 45.4 Å². The summed E-state index contributed by atoms with van der Waals surface area (Å²) in [6.45, 7) is 12.7. The number of hydrogen-bond donors (Lipinski definition) is 1. The Morgan fingerprint density at radius 1 is 1.19 bits per heavy atom. The van der Waals surface area contributed by atoms with Gasteiger partial charge in [-0.3, -0.25) is 4.99 Å². The van der Waals surface area contributed by atoms with E-state index in [4.69, 9.17) is 14.5 Å². The van der Waals surface area contributed by atoms with Crippen molar-refractivity contribution in [3.05, 3.63) is 0 Å². The van der Waals surface area contributed by atoms with Crippen LogP contribution >= 0.6 is 24.0 Å². The summed E-state index contributed by atoms with van der Waals surface area (Å²) in [5.74, 6) is 1.76. The monoisotopic (exact) mass is 491 g/mol. The smallest absolute Gasteiger partial charge is 0.194 e. The molecule has 0 radical (unpaired) electrons. The zero-order valence-electron chi connectivity index (χ0n) is 17.3. The number of piperidine rings is 1. The topological polar surface area (TPSA) is 46.1 Å². The fourth-order valence-corrected chi connectivity index (χ4v) is 5.96. The Morgan fingerprint density at radius 3 is 2.74 bits per heavy atom. The number of fused-ring (bicyclic) bond motifs is 1. The molecule has 0 aromatic rings. The average molecular weight is 491 g/mol. The molecule has 1 saturated carbocycles. The second kappa shape index (κ2) is 8.74. The first-order chi connectivity index (χ1) is 12.6. The summed E-state index contributed by atoms with van der Waals surface area (Å²) in [5.41, 5.74) is 0.527. The van der Waals surface area contributed by atoms with E-state index >= 15 is 0 Å². The molecule has 0 bridgehead atoms. The van der Waals surface area contributed by atoms with Gasteiger partial charge in [-0.1, -0.05) is 13.8 Å². The number of guanidine groups is 1. The fourth-order valence-electron chi connectivity index (χ4n) is 5.96. The van der Waals surface area contributed by atoms with E-state index in [0.29, 0.717) is 23.5 Å². The molecule has 1 aliphatic carbocycles. The summed E-state index contributed by atoms with van der Waals surface area (Å²) >= 11 is 0. The fraction of sp³-hybridized carbons (Fsp3) is 0.952. The Morgan fingerprint density at radius 2 is 2.00 bits per heavy atom. The molecule has 0 amide bonds. The quantitative estimate of drug-likeness (QED) is 0.364. The van der Waals surface area contributed by atoms with Crippen LogP contribution in [-0.2, 0) is 9.47 Å². The van der Waals surface area contributed by atoms with Gasteiger partial charge in [0.1, 0.15) is 0 Å². The summed E-state index contributed by atoms with van der Waals surface area (Å²) in [5, 5.41) is 3.89. The molecular formula is C21H38IN3O2. The number of rotatable bonds is 2. The number of nitrogens with zero attached hydrogens (tertiary/aromatic N) is 2. The van der Waals surface area contributed by atoms with Gasteiger partial charge in [0.2, 0.25) is 0 Å². The predicted molar refractivity (Wildman–Crippen MR) is 120 cm³/mol. The normalized spacial score (nSPS) is 38.6. The first kappa shape index (κ1) is 21.6. The Balaban J connectivity index is 0.00000210. The molecule has 1 N–H and O–H groups in total. The van der Waals surface area contributed by atoms with Crippen LogP contribution in [0.3, 0.4) is 0 Å². The van der Waals surface area contributed by atoms with Gasteiger partial charge in [-0.15, -0.1) is 24.0 Å². The van der Waals surface area contributed by atoms with Gasteiger partial charge in [0.05, 0.1) is 12.7 Å². The maximum Gasteiger partial charge on any atom is 0.194 e. The van der Waals surface area contributed by atoms with Crippen molar-refractivity contribution >= 4 is 29.9 Å². The maximum absolute atomic E-state index is 6.09. The summed E-state index contributed by atoms with van der Waals surface area (Å²) < 4.78 is 12.0. The molecule has 0 aromatic carbocycles. The summed E-state index contributed by atoms with van der Waals surface area (Å²) in [4.78, 5) is 7.42. The van der Waals surface area contributed by atoms with Crippen LogP contribution in [0.2, 0.25) is 0 Å². The van der Waals surface area contributed by atoms with Gasteiger partial charge in [0.15, 0.2) is 5.96 Å². The largest absolute Gasteiger partial charge is 0.381 e. The number of likely N-dealkylation sites (tertiary alicyclic amines) is 1. The maximum atomic E-state index is 6.09. The van der Waals surface area contributed by atoms with Gasteiger partial charge in [0.25, 0.3) is 0 Å². The van der Waals surface area contributed by atoms with Crippen LogP contribution in [0, 0.1) is 16.7 Å². The summed E-state index contributed by atoms with van der Waals surface area (Å²) in [6.07, 6.45) is 7.95. The highest BCUT2D eigenvalue weighted by atomic mass is 127. The van der Waals surface area contributed by atoms with Crippen molar-refractivity contribution in [1.29, 1.82) is 0 Å². The third-order valence-electron chi connectivity index (χ3n) is 7.29. The first-order valence-electron chi connectivity index (χ1n) is 10.8. The van der Waals surface area contributed by atoms with Crippen molar-refractivity contribution < 1.29 is 9.47 Å². The Kier molecular flexibility index (Phi) is 7.00. The molecule has 4 atom stereocenters. The Labute approximate surface area is 182 Å². The molecule has 3 saturated heterocycles. The van der Waals surface area contributed by atoms with Crippen molar-refractivity contribution in [1.82, 2.24) is 10.2 Å². The lowest BCUT2D eigenvalue weighted by atomic mass is 9.55. The zero-order valence-corrected chi connectivity index (χ0v) is 19.7. The molecule has 1 spiro atoms. The molecule has 4 fully saturated rings. The van der Waals surface area contributed by atoms with E-state index in [-0.39, 0.29) is 29.4 Å². The van der Waals surface area contributed by atoms with E-state index in [1.165, 1.54) is 38.5 Å². The van der Waals surface area contributed by atoms with E-state index < -0.39 is 0 Å². The molecule has 4 aliphatic rings. The van der Waals surface area contributed by atoms with Gasteiger partial charge in [-0.25, -0.2) is 0 Å². The number of ether oxygens (including phenoxy) is 2. The van der Waals surface area contributed by atoms with Crippen LogP contribution in [0.5, 0.6) is 0 Å². The highest BCUT2D eigenvalue weighted by Crippen LogP contribution is 2.51. The standard InChI is InChI=1S/C21H37N3O2.HI/c1-4-22-19(23-17-16-8-5-13-26-18(16)20(17,2)3)24-11-6-9-21(14-24)10-7-12-25-15-21;/h16-18H,4-15H2,1-3H3,(H,22,23);1H. The molecule has 4 rings (SSSR count). The van der Waals surface area contributed by atoms with Crippen LogP contribution in [0.15, 0.2) is 4.99 Å². The van der Waals surface area contributed by atoms with E-state index in [1.807, 2.05) is 0 Å². The molecule has 6 heteroatoms. The van der Waals surface area contributed by atoms with E-state index in [2.05, 4.69) is 31.0 Å². The molecule has 4 unspecified atom stereocenters. The van der Waals surface area contributed by atoms with Crippen LogP contribution in [0.25, 0.3) is 0 Å². The second-order valence-corrected chi connectivity index (χ2v) is 9.52. The van der Waals surface area contributed by atoms with E-state index in [0.717, 1.165) is 45.4 Å². The highest BCUT2D eigenvalue weighted by Gasteiger charge is 2.58. The van der Waals surface area contributed by atoms with Crippen LogP contribution in [0.4, 0.5) is 0 Å². The summed E-state index contributed by atoms with van der Waals surface area (Å²) in [6, 6.07) is 0.471. The lowest BCUT2D eigenvalue weighted by Gasteiger charge is -2.60. The average Bonchev–Trinajstić information content (AvgIpc) is 2.65. The molecule has 5 nitrogen and oxygen atoms in total. The third kappa shape index (κ3) is 4.13. The minimum atomic E-state index is 0. The van der Waals surface area contributed by atoms with Gasteiger partial charge >= 0.3 is 0 Å². The third-order valence-corrected chi connectivity index (χ3v) is 7.29. The second-order valence-electron chi connectivity index (χ2n) is 9.52. The van der Waals surface area contributed by atoms with Gasteiger partial charge in [-0.2, -0.15) is 0 Å². The molecular weight excluding hydrogens is 453 g/mol. The number of aliphatic imine (C=N–C) groups is 1. The highest BCUT2D eigenvalue weighted by molar-refractivity contribution is 14.0. The van der Waals surface area contributed by atoms with E-state index in [9.17, 15) is 0 Å². The molecule has 27 heavy (non-hydrogen) atoms. The number of hydrogen-bond acceptors (Lipinski definition) is 3. The lowest BCUT2D eigenvalue weighted by molar-refractivity contribution is -0.189. The van der Waals surface area contributed by atoms with Crippen LogP contribution < -0.4 is 5.32 Å². The van der Waals surface area contributed by atoms with Crippen LogP contribution in [0.1, 0.15) is 59.3 Å². The zero-order chi connectivity index (χ0) is 18.2. The first-order valence-corrected chi connectivity index (χ1v) is 10.8. The molecule has 0 aromatic heterocycles. The SMILES string of the molecule is CCN=C(NC1C2CCCOC2C1(C)C)N1CCCC2(CCCOC2)C1.I. The van der Waals surface area contributed by atoms with Crippen molar-refractivity contribution in [2.24, 2.45) is 21.7 Å². The van der Waals surface area contributed by atoms with E-state index in [1.54, 1.807) is 0 Å². The number of nitrogens with one attached hydrogen (secondary N) is 1. The van der Waals surface area contributed by atoms with Crippen molar-refractivity contribution in [2.45, 2.75) is 71.4 Å². The number of halogens is 1. The Bertz CT molecular complexity index is 528. The van der Waals surface area contributed by atoms with Crippen molar-refractivity contribution in [2.75, 3.05) is 39.5 Å². The van der Waals surface area contributed by atoms with Gasteiger partial charge < -0.3 is 19.7 Å². The predicted octanol–water partition coefficient (Wildman–Crippen LogP) is 3.67. The lowest BCUT2D eigenvalue weighted by Crippen LogP contribution is -2.71. The minimum absolute atomic E-state index is 0. The van der Waals surface area contributed by atoms with Gasteiger partial charge in [0, 0.05) is 55.6 Å². The Hall–Kier alpha value is -0.0800.